The predicted octanol–water partition coefficient (Wildman–Crippen LogP) is 3.88. The van der Waals surface area contributed by atoms with Crippen molar-refractivity contribution in [3.05, 3.63) is 75.0 Å². The zero-order valence-corrected chi connectivity index (χ0v) is 17.0. The van der Waals surface area contributed by atoms with Gasteiger partial charge in [0.05, 0.1) is 18.8 Å². The van der Waals surface area contributed by atoms with Crippen molar-refractivity contribution in [2.45, 2.75) is 6.04 Å². The Balaban J connectivity index is 1.92. The summed E-state index contributed by atoms with van der Waals surface area (Å²) >= 11 is 9.03. The summed E-state index contributed by atoms with van der Waals surface area (Å²) in [6.45, 7) is -0.489. The highest BCUT2D eigenvalue weighted by atomic mass is 79.9. The van der Waals surface area contributed by atoms with E-state index in [2.05, 4.69) is 31.2 Å². The van der Waals surface area contributed by atoms with Crippen LogP contribution in [-0.2, 0) is 0 Å². The number of amides is 1. The van der Waals surface area contributed by atoms with Crippen LogP contribution in [-0.4, -0.2) is 27.6 Å². The van der Waals surface area contributed by atoms with Crippen LogP contribution in [0, 0.1) is 11.6 Å². The lowest BCUT2D eigenvalue weighted by Crippen LogP contribution is -2.32. The van der Waals surface area contributed by atoms with Crippen LogP contribution in [0.25, 0.3) is 11.3 Å². The second kappa shape index (κ2) is 8.81. The minimum Gasteiger partial charge on any atom is -0.394 e. The molecule has 10 heteroatoms. The molecule has 0 fully saturated rings. The smallest absolute Gasteiger partial charge is 0.257 e. The molecule has 3 rings (SSSR count). The number of rotatable bonds is 5. The summed E-state index contributed by atoms with van der Waals surface area (Å²) in [6, 6.07) is 7.40. The van der Waals surface area contributed by atoms with Gasteiger partial charge in [-0.25, -0.2) is 18.7 Å². The number of anilines is 1. The van der Waals surface area contributed by atoms with E-state index < -0.39 is 35.8 Å². The number of nitrogen functional groups attached to an aromatic ring is 1. The number of benzene rings is 2. The molecule has 0 aliphatic carbocycles. The Morgan fingerprint density at radius 2 is 1.97 bits per heavy atom. The Morgan fingerprint density at radius 1 is 1.28 bits per heavy atom. The van der Waals surface area contributed by atoms with Crippen LogP contribution < -0.4 is 11.1 Å². The maximum Gasteiger partial charge on any atom is 0.257 e. The predicted molar refractivity (Wildman–Crippen MR) is 108 cm³/mol. The molecular weight excluding hydrogens is 470 g/mol. The average Bonchev–Trinajstić information content (AvgIpc) is 2.67. The van der Waals surface area contributed by atoms with Crippen LogP contribution in [0.5, 0.6) is 0 Å². The first kappa shape index (κ1) is 21.1. The van der Waals surface area contributed by atoms with Gasteiger partial charge in [-0.1, -0.05) is 23.7 Å². The third-order valence-electron chi connectivity index (χ3n) is 4.05. The number of hydrogen-bond donors (Lipinski definition) is 3. The van der Waals surface area contributed by atoms with Gasteiger partial charge in [-0.2, -0.15) is 0 Å². The van der Waals surface area contributed by atoms with Crippen molar-refractivity contribution in [1.82, 2.24) is 15.3 Å². The van der Waals surface area contributed by atoms with Crippen molar-refractivity contribution < 1.29 is 18.7 Å². The lowest BCUT2D eigenvalue weighted by atomic mass is 10.0. The molecule has 1 amide bonds. The largest absolute Gasteiger partial charge is 0.394 e. The van der Waals surface area contributed by atoms with Crippen molar-refractivity contribution in [1.29, 1.82) is 0 Å². The fourth-order valence-electron chi connectivity index (χ4n) is 2.70. The topological polar surface area (TPSA) is 101 Å². The van der Waals surface area contributed by atoms with Gasteiger partial charge in [0.1, 0.15) is 33.3 Å². The van der Waals surface area contributed by atoms with Gasteiger partial charge in [-0.05, 0) is 45.8 Å². The normalized spacial score (nSPS) is 11.9. The molecule has 1 heterocycles. The summed E-state index contributed by atoms with van der Waals surface area (Å²) in [6.07, 6.45) is 1.35. The number of nitrogens with zero attached hydrogens (tertiary/aromatic N) is 2. The summed E-state index contributed by atoms with van der Waals surface area (Å²) in [5, 5.41) is 12.4. The molecule has 0 aliphatic rings. The molecule has 1 unspecified atom stereocenters. The van der Waals surface area contributed by atoms with Crippen molar-refractivity contribution in [3.63, 3.8) is 0 Å². The van der Waals surface area contributed by atoms with Crippen molar-refractivity contribution in [2.75, 3.05) is 12.3 Å². The fourth-order valence-corrected chi connectivity index (χ4v) is 3.18. The van der Waals surface area contributed by atoms with Crippen molar-refractivity contribution >= 4 is 39.3 Å². The minimum absolute atomic E-state index is 0.0227. The van der Waals surface area contributed by atoms with Gasteiger partial charge in [0.15, 0.2) is 0 Å². The molecule has 0 radical (unpaired) electrons. The highest BCUT2D eigenvalue weighted by Gasteiger charge is 2.23. The summed E-state index contributed by atoms with van der Waals surface area (Å²) in [5.41, 5.74) is 5.51. The SMILES string of the molecule is Nc1ncc(Br)nc1-c1cc(F)c(C(=O)NC(CO)c2cccc(Cl)c2)c(F)c1. The molecule has 29 heavy (non-hydrogen) atoms. The minimum atomic E-state index is -1.11. The molecule has 150 valence electrons. The van der Waals surface area contributed by atoms with Gasteiger partial charge >= 0.3 is 0 Å². The zero-order valence-electron chi connectivity index (χ0n) is 14.7. The summed E-state index contributed by atoms with van der Waals surface area (Å²) in [7, 11) is 0. The lowest BCUT2D eigenvalue weighted by molar-refractivity contribution is 0.0907. The van der Waals surface area contributed by atoms with Gasteiger partial charge in [-0.3, -0.25) is 4.79 Å². The monoisotopic (exact) mass is 482 g/mol. The van der Waals surface area contributed by atoms with E-state index in [1.807, 2.05) is 0 Å². The van der Waals surface area contributed by atoms with E-state index in [0.717, 1.165) is 12.1 Å². The number of nitrogens with two attached hydrogens (primary N) is 1. The Kier molecular flexibility index (Phi) is 6.41. The number of carbonyl (C=O) groups excluding carboxylic acids is 1. The maximum absolute atomic E-state index is 14.6. The van der Waals surface area contributed by atoms with Gasteiger partial charge in [0.25, 0.3) is 5.91 Å². The molecule has 1 atom stereocenters. The molecular formula is C19H14BrClF2N4O2. The van der Waals surface area contributed by atoms with Gasteiger partial charge < -0.3 is 16.2 Å². The second-order valence-electron chi connectivity index (χ2n) is 6.01. The van der Waals surface area contributed by atoms with E-state index in [9.17, 15) is 18.7 Å². The highest BCUT2D eigenvalue weighted by Crippen LogP contribution is 2.28. The average molecular weight is 484 g/mol. The van der Waals surface area contributed by atoms with E-state index in [0.29, 0.717) is 15.2 Å². The van der Waals surface area contributed by atoms with Gasteiger partial charge in [0.2, 0.25) is 0 Å². The number of carbonyl (C=O) groups is 1. The molecule has 3 aromatic rings. The second-order valence-corrected chi connectivity index (χ2v) is 7.25. The third-order valence-corrected chi connectivity index (χ3v) is 4.67. The number of nitrogens with one attached hydrogen (secondary N) is 1. The zero-order chi connectivity index (χ0) is 21.1. The number of aliphatic hydroxyl groups is 1. The molecule has 6 nitrogen and oxygen atoms in total. The third kappa shape index (κ3) is 4.69. The molecule has 0 spiro atoms. The first-order chi connectivity index (χ1) is 13.8. The number of halogens is 4. The number of aliphatic hydroxyl groups excluding tert-OH is 1. The van der Waals surface area contributed by atoms with Crippen molar-refractivity contribution in [3.8, 4) is 11.3 Å². The van der Waals surface area contributed by atoms with Crippen LogP contribution in [0.4, 0.5) is 14.6 Å². The summed E-state index contributed by atoms with van der Waals surface area (Å²) in [5.74, 6) is -3.27. The van der Waals surface area contributed by atoms with Crippen LogP contribution in [0.1, 0.15) is 22.0 Å². The Hall–Kier alpha value is -2.62. The Labute approximate surface area is 177 Å². The van der Waals surface area contributed by atoms with E-state index in [1.165, 1.54) is 12.3 Å². The van der Waals surface area contributed by atoms with E-state index in [-0.39, 0.29) is 17.1 Å². The molecule has 4 N–H and O–H groups in total. The molecule has 0 saturated heterocycles. The van der Waals surface area contributed by atoms with Crippen LogP contribution in [0.15, 0.2) is 47.2 Å². The van der Waals surface area contributed by atoms with Crippen molar-refractivity contribution in [2.24, 2.45) is 0 Å². The summed E-state index contributed by atoms with van der Waals surface area (Å²) in [4.78, 5) is 20.4. The van der Waals surface area contributed by atoms with E-state index in [4.69, 9.17) is 17.3 Å². The number of aromatic nitrogens is 2. The fraction of sp³-hybridized carbons (Fsp3) is 0.105. The first-order valence-corrected chi connectivity index (χ1v) is 9.42. The van der Waals surface area contributed by atoms with Crippen LogP contribution in [0.2, 0.25) is 5.02 Å². The Bertz CT molecular complexity index is 1060. The first-order valence-electron chi connectivity index (χ1n) is 8.24. The van der Waals surface area contributed by atoms with Gasteiger partial charge in [-0.15, -0.1) is 0 Å². The molecule has 0 aliphatic heterocycles. The number of hydrogen-bond acceptors (Lipinski definition) is 5. The quantitative estimate of drug-likeness (QED) is 0.511. The molecule has 0 bridgehead atoms. The van der Waals surface area contributed by atoms with Crippen LogP contribution in [0.3, 0.4) is 0 Å². The lowest BCUT2D eigenvalue weighted by Gasteiger charge is -2.18. The standard InChI is InChI=1S/C19H14BrClF2N4O2/c20-15-7-25-18(24)17(27-15)10-5-12(22)16(13(23)6-10)19(29)26-14(8-28)9-2-1-3-11(21)4-9/h1-7,14,28H,8H2,(H2,24,25)(H,26,29). The maximum atomic E-state index is 14.6. The van der Waals surface area contributed by atoms with Gasteiger partial charge in [0, 0.05) is 10.6 Å². The van der Waals surface area contributed by atoms with E-state index >= 15 is 0 Å². The molecule has 2 aromatic carbocycles. The van der Waals surface area contributed by atoms with Crippen LogP contribution >= 0.6 is 27.5 Å². The molecule has 0 saturated carbocycles. The van der Waals surface area contributed by atoms with E-state index in [1.54, 1.807) is 18.2 Å². The highest BCUT2D eigenvalue weighted by molar-refractivity contribution is 9.10. The molecule has 1 aromatic heterocycles. The Morgan fingerprint density at radius 3 is 2.59 bits per heavy atom. The summed E-state index contributed by atoms with van der Waals surface area (Å²) < 4.78 is 29.6.